The zero-order chi connectivity index (χ0) is 23.0. The summed E-state index contributed by atoms with van der Waals surface area (Å²) >= 11 is 0. The number of carbonyl (C=O) groups is 2. The van der Waals surface area contributed by atoms with Crippen LogP contribution in [-0.2, 0) is 16.0 Å². The van der Waals surface area contributed by atoms with Gasteiger partial charge in [0.25, 0.3) is 0 Å². The number of fused-ring (bicyclic) bond motifs is 2. The Morgan fingerprint density at radius 3 is 2.81 bits per heavy atom. The lowest BCUT2D eigenvalue weighted by Crippen LogP contribution is -2.48. The maximum Gasteiger partial charge on any atom is 0.413 e. The van der Waals surface area contributed by atoms with E-state index in [1.807, 2.05) is 6.07 Å². The van der Waals surface area contributed by atoms with Crippen molar-refractivity contribution in [2.45, 2.75) is 45.2 Å². The van der Waals surface area contributed by atoms with Gasteiger partial charge in [0, 0.05) is 29.0 Å². The van der Waals surface area contributed by atoms with E-state index in [0.29, 0.717) is 11.1 Å². The lowest BCUT2D eigenvalue weighted by atomic mass is 10.0. The second-order valence-corrected chi connectivity index (χ2v) is 8.43. The molecule has 10 heteroatoms. The Bertz CT molecular complexity index is 1110. The summed E-state index contributed by atoms with van der Waals surface area (Å²) in [6, 6.07) is 7.86. The number of pyridine rings is 1. The third-order valence-electron chi connectivity index (χ3n) is 4.89. The number of aromatic nitrogens is 1. The quantitative estimate of drug-likeness (QED) is 0.779. The topological polar surface area (TPSA) is 114 Å². The summed E-state index contributed by atoms with van der Waals surface area (Å²) in [5.74, 6) is -0.243. The molecule has 2 aliphatic rings. The van der Waals surface area contributed by atoms with Gasteiger partial charge in [-0.15, -0.1) is 0 Å². The van der Waals surface area contributed by atoms with Crippen molar-refractivity contribution >= 4 is 12.2 Å². The van der Waals surface area contributed by atoms with Crippen molar-refractivity contribution in [3.05, 3.63) is 47.5 Å². The fourth-order valence-electron chi connectivity index (χ4n) is 3.48. The molecule has 0 bridgehead atoms. The van der Waals surface area contributed by atoms with Gasteiger partial charge in [-0.1, -0.05) is 0 Å². The molecule has 32 heavy (non-hydrogen) atoms. The fourth-order valence-corrected chi connectivity index (χ4v) is 3.48. The molecule has 1 fully saturated rings. The molecule has 0 spiro atoms. The van der Waals surface area contributed by atoms with Crippen LogP contribution in [0.4, 0.5) is 14.0 Å². The van der Waals surface area contributed by atoms with Crippen molar-refractivity contribution in [3.63, 3.8) is 0 Å². The van der Waals surface area contributed by atoms with Crippen LogP contribution < -0.4 is 10.1 Å². The maximum atomic E-state index is 14.8. The van der Waals surface area contributed by atoms with E-state index in [0.717, 1.165) is 0 Å². The number of nitrogens with zero attached hydrogens (tertiary/aromatic N) is 3. The highest BCUT2D eigenvalue weighted by Crippen LogP contribution is 2.37. The Hall–Kier alpha value is -3.87. The smallest absolute Gasteiger partial charge is 0.413 e. The highest BCUT2D eigenvalue weighted by atomic mass is 19.1. The standard InChI is InChI=1S/C22H21FN4O5/c1-22(2,3)32-20(28)26-10-18-19-27(21(29)31-18)11-13-6-15(16(23)7-17(13)30-19)12-4-5-14(8-24)25-9-12/h4-7,9,18-19H,10-11H2,1-3H3,(H,26,28)/t18-,19-/m0/s1. The molecular weight excluding hydrogens is 419 g/mol. The van der Waals surface area contributed by atoms with Gasteiger partial charge >= 0.3 is 12.2 Å². The van der Waals surface area contributed by atoms with E-state index in [4.69, 9.17) is 19.5 Å². The number of alkyl carbamates (subject to hydrolysis) is 1. The number of rotatable bonds is 3. The molecule has 2 aromatic rings. The van der Waals surface area contributed by atoms with Gasteiger partial charge in [-0.05, 0) is 39.0 Å². The summed E-state index contributed by atoms with van der Waals surface area (Å²) in [7, 11) is 0. The summed E-state index contributed by atoms with van der Waals surface area (Å²) in [5.41, 5.74) is 0.930. The molecule has 9 nitrogen and oxygen atoms in total. The van der Waals surface area contributed by atoms with E-state index < -0.39 is 35.9 Å². The highest BCUT2D eigenvalue weighted by Gasteiger charge is 2.46. The number of benzene rings is 1. The second kappa shape index (κ2) is 8.00. The Kier molecular flexibility index (Phi) is 5.34. The fraction of sp³-hybridized carbons (Fsp3) is 0.364. The van der Waals surface area contributed by atoms with E-state index in [-0.39, 0.29) is 30.1 Å². The highest BCUT2D eigenvalue weighted by molar-refractivity contribution is 5.73. The molecule has 0 unspecified atom stereocenters. The molecule has 1 saturated heterocycles. The van der Waals surface area contributed by atoms with Gasteiger partial charge in [-0.25, -0.2) is 19.0 Å². The number of cyclic esters (lactones) is 1. The number of carbonyl (C=O) groups excluding carboxylic acids is 2. The van der Waals surface area contributed by atoms with Crippen LogP contribution in [0.5, 0.6) is 5.75 Å². The van der Waals surface area contributed by atoms with Crippen LogP contribution in [0.3, 0.4) is 0 Å². The molecule has 2 atom stereocenters. The molecule has 1 aromatic heterocycles. The zero-order valence-electron chi connectivity index (χ0n) is 17.7. The minimum atomic E-state index is -0.813. The molecule has 0 radical (unpaired) electrons. The van der Waals surface area contributed by atoms with Gasteiger partial charge in [0.2, 0.25) is 6.23 Å². The molecule has 3 heterocycles. The summed E-state index contributed by atoms with van der Waals surface area (Å²) in [6.07, 6.45) is -1.42. The van der Waals surface area contributed by atoms with Crippen LogP contribution in [0.25, 0.3) is 11.1 Å². The van der Waals surface area contributed by atoms with Crippen LogP contribution in [0.15, 0.2) is 30.5 Å². The van der Waals surface area contributed by atoms with Gasteiger partial charge in [0.15, 0.2) is 6.10 Å². The monoisotopic (exact) mass is 440 g/mol. The number of amides is 2. The molecular formula is C22H21FN4O5. The van der Waals surface area contributed by atoms with E-state index in [1.165, 1.54) is 23.2 Å². The van der Waals surface area contributed by atoms with Crippen LogP contribution >= 0.6 is 0 Å². The molecule has 2 amide bonds. The van der Waals surface area contributed by atoms with Crippen molar-refractivity contribution in [1.82, 2.24) is 15.2 Å². The first kappa shape index (κ1) is 21.4. The molecule has 0 aliphatic carbocycles. The average Bonchev–Trinajstić information content (AvgIpc) is 3.04. The van der Waals surface area contributed by atoms with Crippen molar-refractivity contribution in [1.29, 1.82) is 5.26 Å². The minimum absolute atomic E-state index is 0.0192. The van der Waals surface area contributed by atoms with Crippen molar-refractivity contribution in [2.24, 2.45) is 0 Å². The normalized spacial score (nSPS) is 19.2. The van der Waals surface area contributed by atoms with Gasteiger partial charge < -0.3 is 19.5 Å². The first-order chi connectivity index (χ1) is 15.1. The van der Waals surface area contributed by atoms with Crippen molar-refractivity contribution in [2.75, 3.05) is 6.54 Å². The summed E-state index contributed by atoms with van der Waals surface area (Å²) in [5, 5.41) is 11.4. The van der Waals surface area contributed by atoms with E-state index in [2.05, 4.69) is 10.3 Å². The first-order valence-corrected chi connectivity index (χ1v) is 9.94. The molecule has 2 aliphatic heterocycles. The molecule has 1 aromatic carbocycles. The van der Waals surface area contributed by atoms with Crippen molar-refractivity contribution in [3.8, 4) is 22.9 Å². The second-order valence-electron chi connectivity index (χ2n) is 8.43. The zero-order valence-corrected chi connectivity index (χ0v) is 17.7. The van der Waals surface area contributed by atoms with Gasteiger partial charge in [0.1, 0.15) is 28.9 Å². The largest absolute Gasteiger partial charge is 0.466 e. The van der Waals surface area contributed by atoms with E-state index >= 15 is 0 Å². The Labute approximate surface area is 183 Å². The van der Waals surface area contributed by atoms with Gasteiger partial charge in [0.05, 0.1) is 13.1 Å². The predicted octanol–water partition coefficient (Wildman–Crippen LogP) is 3.32. The average molecular weight is 440 g/mol. The van der Waals surface area contributed by atoms with E-state index in [9.17, 15) is 14.0 Å². The third-order valence-corrected chi connectivity index (χ3v) is 4.89. The molecule has 0 saturated carbocycles. The van der Waals surface area contributed by atoms with Crippen LogP contribution in [0.2, 0.25) is 0 Å². The number of hydrogen-bond donors (Lipinski definition) is 1. The molecule has 4 rings (SSSR count). The Morgan fingerprint density at radius 1 is 1.38 bits per heavy atom. The van der Waals surface area contributed by atoms with Crippen LogP contribution in [0, 0.1) is 17.1 Å². The SMILES string of the molecule is CC(C)(C)OC(=O)NC[C@@H]1OC(=O)N2Cc3cc(-c4ccc(C#N)nc4)c(F)cc3O[C@@H]12. The Morgan fingerprint density at radius 2 is 2.16 bits per heavy atom. The van der Waals surface area contributed by atoms with Crippen LogP contribution in [0.1, 0.15) is 32.0 Å². The van der Waals surface area contributed by atoms with E-state index in [1.54, 1.807) is 32.9 Å². The Balaban J connectivity index is 1.52. The number of nitrogens with one attached hydrogen (secondary N) is 1. The molecule has 1 N–H and O–H groups in total. The summed E-state index contributed by atoms with van der Waals surface area (Å²) in [4.78, 5) is 29.6. The van der Waals surface area contributed by atoms with Gasteiger partial charge in [-0.3, -0.25) is 4.90 Å². The first-order valence-electron chi connectivity index (χ1n) is 9.94. The third kappa shape index (κ3) is 4.27. The predicted molar refractivity (Wildman–Crippen MR) is 109 cm³/mol. The number of hydrogen-bond acceptors (Lipinski definition) is 7. The minimum Gasteiger partial charge on any atom is -0.466 e. The number of ether oxygens (including phenoxy) is 3. The van der Waals surface area contributed by atoms with Crippen LogP contribution in [-0.4, -0.2) is 46.5 Å². The lowest BCUT2D eigenvalue weighted by molar-refractivity contribution is 0.0143. The van der Waals surface area contributed by atoms with Gasteiger partial charge in [-0.2, -0.15) is 5.26 Å². The lowest BCUT2D eigenvalue weighted by Gasteiger charge is -2.32. The van der Waals surface area contributed by atoms with Crippen molar-refractivity contribution < 1.29 is 28.2 Å². The number of nitriles is 1. The molecule has 166 valence electrons. The summed E-state index contributed by atoms with van der Waals surface area (Å²) in [6.45, 7) is 5.35. The number of halogens is 1. The summed E-state index contributed by atoms with van der Waals surface area (Å²) < 4.78 is 31.2. The maximum absolute atomic E-state index is 14.8.